The summed E-state index contributed by atoms with van der Waals surface area (Å²) in [6, 6.07) is 1.66. The average molecular weight is 119 g/mol. The van der Waals surface area contributed by atoms with Gasteiger partial charge in [-0.15, -0.1) is 0 Å². The second-order valence-corrected chi connectivity index (χ2v) is 1.79. The van der Waals surface area contributed by atoms with Gasteiger partial charge in [-0.05, 0) is 18.6 Å². The molecule has 2 N–H and O–H groups in total. The molecule has 3 nitrogen and oxygen atoms in total. The Balaban J connectivity index is 3.17. The van der Waals surface area contributed by atoms with Crippen LogP contribution < -0.4 is 11.3 Å². The SMILES string of the molecule is [B]c1cc(C)nc(N)n1. The molecular formula is C5H6BN3. The summed E-state index contributed by atoms with van der Waals surface area (Å²) in [6.45, 7) is 1.81. The number of rotatable bonds is 0. The molecule has 0 unspecified atom stereocenters. The van der Waals surface area contributed by atoms with Crippen LogP contribution >= 0.6 is 0 Å². The van der Waals surface area contributed by atoms with E-state index in [0.717, 1.165) is 5.69 Å². The largest absolute Gasteiger partial charge is 0.368 e. The van der Waals surface area contributed by atoms with Crippen LogP contribution in [-0.2, 0) is 0 Å². The molecule has 0 aromatic carbocycles. The van der Waals surface area contributed by atoms with Crippen molar-refractivity contribution in [2.24, 2.45) is 0 Å². The van der Waals surface area contributed by atoms with Crippen molar-refractivity contribution >= 4 is 19.4 Å². The molecule has 0 aliphatic heterocycles. The van der Waals surface area contributed by atoms with E-state index in [9.17, 15) is 0 Å². The first kappa shape index (κ1) is 6.07. The molecule has 0 aliphatic rings. The van der Waals surface area contributed by atoms with Crippen LogP contribution in [0, 0.1) is 6.92 Å². The van der Waals surface area contributed by atoms with Gasteiger partial charge in [-0.25, -0.2) is 9.97 Å². The summed E-state index contributed by atoms with van der Waals surface area (Å²) in [7, 11) is 5.33. The zero-order valence-corrected chi connectivity index (χ0v) is 5.13. The lowest BCUT2D eigenvalue weighted by molar-refractivity contribution is 1.14. The zero-order chi connectivity index (χ0) is 6.85. The van der Waals surface area contributed by atoms with Crippen molar-refractivity contribution < 1.29 is 0 Å². The third-order valence-corrected chi connectivity index (χ3v) is 0.891. The van der Waals surface area contributed by atoms with Crippen molar-refractivity contribution in [1.82, 2.24) is 9.97 Å². The zero-order valence-electron chi connectivity index (χ0n) is 5.13. The Hall–Kier alpha value is -1.06. The van der Waals surface area contributed by atoms with Gasteiger partial charge in [-0.2, -0.15) is 0 Å². The molecule has 0 bridgehead atoms. The monoisotopic (exact) mass is 119 g/mol. The van der Waals surface area contributed by atoms with Crippen LogP contribution in [0.4, 0.5) is 5.95 Å². The second-order valence-electron chi connectivity index (χ2n) is 1.79. The van der Waals surface area contributed by atoms with Crippen LogP contribution in [0.2, 0.25) is 0 Å². The molecule has 2 radical (unpaired) electrons. The fraction of sp³-hybridized carbons (Fsp3) is 0.200. The highest BCUT2D eigenvalue weighted by Gasteiger charge is 1.90. The Kier molecular flexibility index (Phi) is 1.38. The number of nitrogen functional groups attached to an aromatic ring is 1. The molecule has 4 heteroatoms. The molecule has 0 aliphatic carbocycles. The quantitative estimate of drug-likeness (QED) is 0.453. The van der Waals surface area contributed by atoms with Gasteiger partial charge >= 0.3 is 0 Å². The van der Waals surface area contributed by atoms with Crippen molar-refractivity contribution in [2.75, 3.05) is 5.73 Å². The van der Waals surface area contributed by atoms with Crippen molar-refractivity contribution in [1.29, 1.82) is 0 Å². The number of hydrogen-bond acceptors (Lipinski definition) is 3. The predicted molar refractivity (Wildman–Crippen MR) is 36.6 cm³/mol. The first-order chi connectivity index (χ1) is 4.18. The van der Waals surface area contributed by atoms with Crippen LogP contribution in [0.15, 0.2) is 6.07 Å². The molecule has 0 atom stereocenters. The summed E-state index contributed by atoms with van der Waals surface area (Å²) in [5.41, 5.74) is 6.47. The van der Waals surface area contributed by atoms with Gasteiger partial charge in [0.05, 0.1) is 0 Å². The fourth-order valence-electron chi connectivity index (χ4n) is 0.617. The summed E-state index contributed by atoms with van der Waals surface area (Å²) >= 11 is 0. The topological polar surface area (TPSA) is 51.8 Å². The van der Waals surface area contributed by atoms with E-state index in [1.165, 1.54) is 0 Å². The number of anilines is 1. The number of aromatic nitrogens is 2. The Morgan fingerprint density at radius 2 is 2.22 bits per heavy atom. The normalized spacial score (nSPS) is 9.44. The van der Waals surface area contributed by atoms with Crippen LogP contribution in [-0.4, -0.2) is 17.8 Å². The maximum absolute atomic E-state index is 5.33. The number of hydrogen-bond donors (Lipinski definition) is 1. The van der Waals surface area contributed by atoms with Crippen molar-refractivity contribution in [2.45, 2.75) is 6.92 Å². The first-order valence-corrected chi connectivity index (χ1v) is 2.55. The average Bonchev–Trinajstić information content (AvgIpc) is 1.59. The standard InChI is InChI=1S/C5H6BN3/c1-3-2-4(6)9-5(7)8-3/h2H,1H3,(H2,7,8,9). The summed E-state index contributed by atoms with van der Waals surface area (Å²) in [5, 5.41) is 0. The van der Waals surface area contributed by atoms with Gasteiger partial charge in [-0.3, -0.25) is 0 Å². The lowest BCUT2D eigenvalue weighted by atomic mass is 10.0. The van der Waals surface area contributed by atoms with Crippen LogP contribution in [0.1, 0.15) is 5.69 Å². The fourth-order valence-corrected chi connectivity index (χ4v) is 0.617. The third-order valence-electron chi connectivity index (χ3n) is 0.891. The smallest absolute Gasteiger partial charge is 0.219 e. The van der Waals surface area contributed by atoms with Gasteiger partial charge in [0.1, 0.15) is 7.85 Å². The minimum atomic E-state index is 0.229. The van der Waals surface area contributed by atoms with Crippen molar-refractivity contribution in [3.63, 3.8) is 0 Å². The van der Waals surface area contributed by atoms with Gasteiger partial charge in [-0.1, -0.05) is 0 Å². The van der Waals surface area contributed by atoms with Gasteiger partial charge in [0.2, 0.25) is 5.95 Å². The van der Waals surface area contributed by atoms with E-state index in [0.29, 0.717) is 5.59 Å². The van der Waals surface area contributed by atoms with Gasteiger partial charge in [0.25, 0.3) is 0 Å². The van der Waals surface area contributed by atoms with Gasteiger partial charge in [0, 0.05) is 5.69 Å². The van der Waals surface area contributed by atoms with E-state index in [2.05, 4.69) is 9.97 Å². The van der Waals surface area contributed by atoms with E-state index >= 15 is 0 Å². The van der Waals surface area contributed by atoms with Crippen LogP contribution in [0.3, 0.4) is 0 Å². The Bertz CT molecular complexity index is 173. The Morgan fingerprint density at radius 1 is 1.56 bits per heavy atom. The molecule has 1 aromatic heterocycles. The van der Waals surface area contributed by atoms with E-state index in [-0.39, 0.29) is 5.95 Å². The molecule has 0 saturated heterocycles. The van der Waals surface area contributed by atoms with Crippen LogP contribution in [0.25, 0.3) is 0 Å². The predicted octanol–water partition coefficient (Wildman–Crippen LogP) is -0.839. The lowest BCUT2D eigenvalue weighted by Gasteiger charge is -1.95. The van der Waals surface area contributed by atoms with Gasteiger partial charge < -0.3 is 5.73 Å². The summed E-state index contributed by atoms with van der Waals surface area (Å²) in [4.78, 5) is 7.50. The summed E-state index contributed by atoms with van der Waals surface area (Å²) < 4.78 is 0. The second kappa shape index (κ2) is 2.05. The lowest BCUT2D eigenvalue weighted by Crippen LogP contribution is -2.12. The van der Waals surface area contributed by atoms with Crippen molar-refractivity contribution in [3.05, 3.63) is 11.8 Å². The number of nitrogens with zero attached hydrogens (tertiary/aromatic N) is 2. The van der Waals surface area contributed by atoms with E-state index in [1.807, 2.05) is 6.92 Å². The molecular weight excluding hydrogens is 113 g/mol. The van der Waals surface area contributed by atoms with Gasteiger partial charge in [0.15, 0.2) is 0 Å². The van der Waals surface area contributed by atoms with E-state index in [1.54, 1.807) is 6.07 Å². The van der Waals surface area contributed by atoms with E-state index < -0.39 is 0 Å². The molecule has 9 heavy (non-hydrogen) atoms. The van der Waals surface area contributed by atoms with Crippen molar-refractivity contribution in [3.8, 4) is 0 Å². The molecule has 0 fully saturated rings. The molecule has 0 amide bonds. The summed E-state index contributed by atoms with van der Waals surface area (Å²) in [6.07, 6.45) is 0. The minimum Gasteiger partial charge on any atom is -0.368 e. The van der Waals surface area contributed by atoms with E-state index in [4.69, 9.17) is 13.6 Å². The molecule has 0 spiro atoms. The maximum atomic E-state index is 5.33. The highest BCUT2D eigenvalue weighted by Crippen LogP contribution is 1.89. The molecule has 44 valence electrons. The molecule has 1 heterocycles. The summed E-state index contributed by atoms with van der Waals surface area (Å²) in [5.74, 6) is 0.229. The highest BCUT2D eigenvalue weighted by molar-refractivity contribution is 6.30. The third kappa shape index (κ3) is 1.42. The van der Waals surface area contributed by atoms with Crippen LogP contribution in [0.5, 0.6) is 0 Å². The Morgan fingerprint density at radius 3 is 2.67 bits per heavy atom. The highest BCUT2D eigenvalue weighted by atomic mass is 15.0. The molecule has 1 rings (SSSR count). The molecule has 0 saturated carbocycles. The maximum Gasteiger partial charge on any atom is 0.219 e. The Labute approximate surface area is 54.7 Å². The molecule has 1 aromatic rings. The number of nitrogens with two attached hydrogens (primary N) is 1. The first-order valence-electron chi connectivity index (χ1n) is 2.55. The number of aryl methyl sites for hydroxylation is 1. The minimum absolute atomic E-state index is 0.229.